The van der Waals surface area contributed by atoms with E-state index >= 15 is 0 Å². The second-order valence-electron chi connectivity index (χ2n) is 7.91. The van der Waals surface area contributed by atoms with Crippen molar-refractivity contribution in [3.63, 3.8) is 0 Å². The third-order valence-corrected chi connectivity index (χ3v) is 9.34. The quantitative estimate of drug-likeness (QED) is 0.399. The van der Waals surface area contributed by atoms with E-state index in [-0.39, 0.29) is 12.4 Å². The molecule has 4 nitrogen and oxygen atoms in total. The van der Waals surface area contributed by atoms with Gasteiger partial charge >= 0.3 is 0 Å². The van der Waals surface area contributed by atoms with Gasteiger partial charge in [0.25, 0.3) is 0 Å². The van der Waals surface area contributed by atoms with E-state index < -0.39 is 10.0 Å². The highest BCUT2D eigenvalue weighted by atomic mass is 35.5. The number of hydrogen-bond donors (Lipinski definition) is 1. The van der Waals surface area contributed by atoms with E-state index in [2.05, 4.69) is 33.9 Å². The lowest BCUT2D eigenvalue weighted by molar-refractivity contribution is 0.248. The zero-order chi connectivity index (χ0) is 21.1. The van der Waals surface area contributed by atoms with Crippen molar-refractivity contribution in [2.24, 2.45) is 0 Å². The Morgan fingerprint density at radius 3 is 2.68 bits per heavy atom. The van der Waals surface area contributed by atoms with E-state index in [0.717, 1.165) is 61.0 Å². The van der Waals surface area contributed by atoms with Crippen LogP contribution in [0.25, 0.3) is 10.1 Å². The van der Waals surface area contributed by atoms with E-state index in [4.69, 9.17) is 11.6 Å². The Hall–Kier alpha value is -1.15. The van der Waals surface area contributed by atoms with Crippen molar-refractivity contribution in [1.29, 1.82) is 0 Å². The molecular weight excluding hydrogens is 471 g/mol. The molecule has 0 spiro atoms. The van der Waals surface area contributed by atoms with E-state index in [9.17, 15) is 8.42 Å². The number of thiophene rings is 1. The Kier molecular flexibility index (Phi) is 8.41. The minimum absolute atomic E-state index is 0. The molecule has 4 rings (SSSR count). The summed E-state index contributed by atoms with van der Waals surface area (Å²) in [6.07, 6.45) is 4.07. The van der Waals surface area contributed by atoms with E-state index in [1.807, 2.05) is 19.1 Å². The predicted octanol–water partition coefficient (Wildman–Crippen LogP) is 5.79. The number of fused-ring (bicyclic) bond motifs is 2. The molecule has 168 valence electrons. The zero-order valence-corrected chi connectivity index (χ0v) is 20.8. The van der Waals surface area contributed by atoms with Crippen LogP contribution < -0.4 is 4.72 Å². The summed E-state index contributed by atoms with van der Waals surface area (Å²) in [7, 11) is -3.49. The summed E-state index contributed by atoms with van der Waals surface area (Å²) < 4.78 is 29.6. The summed E-state index contributed by atoms with van der Waals surface area (Å²) in [5, 5.41) is 1.54. The minimum atomic E-state index is -3.49. The summed E-state index contributed by atoms with van der Waals surface area (Å²) in [6, 6.07) is 14.2. The molecule has 0 amide bonds. The fourth-order valence-corrected chi connectivity index (χ4v) is 7.12. The highest BCUT2D eigenvalue weighted by Gasteiger charge is 2.21. The van der Waals surface area contributed by atoms with Crippen LogP contribution in [0.15, 0.2) is 46.7 Å². The number of rotatable bonds is 8. The van der Waals surface area contributed by atoms with Crippen LogP contribution in [-0.2, 0) is 23.0 Å². The van der Waals surface area contributed by atoms with Gasteiger partial charge in [-0.3, -0.25) is 4.90 Å². The van der Waals surface area contributed by atoms with Gasteiger partial charge in [-0.2, -0.15) is 0 Å². The Bertz CT molecular complexity index is 1150. The smallest absolute Gasteiger partial charge is 0.250 e. The Labute approximate surface area is 200 Å². The third kappa shape index (κ3) is 5.81. The Morgan fingerprint density at radius 2 is 1.87 bits per heavy atom. The topological polar surface area (TPSA) is 49.4 Å². The molecule has 8 heteroatoms. The summed E-state index contributed by atoms with van der Waals surface area (Å²) in [5.74, 6) is 0. The summed E-state index contributed by atoms with van der Waals surface area (Å²) in [5.41, 5.74) is 3.69. The van der Waals surface area contributed by atoms with Gasteiger partial charge in [-0.1, -0.05) is 42.3 Å². The maximum Gasteiger partial charge on any atom is 0.250 e. The first-order valence-corrected chi connectivity index (χ1v) is 13.1. The first kappa shape index (κ1) is 24.5. The maximum atomic E-state index is 12.8. The summed E-state index contributed by atoms with van der Waals surface area (Å²) in [4.78, 5) is 2.50. The van der Waals surface area contributed by atoms with Crippen LogP contribution in [-0.4, -0.2) is 33.0 Å². The summed E-state index contributed by atoms with van der Waals surface area (Å²) in [6.45, 7) is 5.52. The second kappa shape index (κ2) is 10.6. The monoisotopic (exact) mass is 498 g/mol. The van der Waals surface area contributed by atoms with Gasteiger partial charge in [0.2, 0.25) is 10.0 Å². The lowest BCUT2D eigenvalue weighted by Gasteiger charge is -2.28. The highest BCUT2D eigenvalue weighted by Crippen LogP contribution is 2.35. The molecular formula is C23H28Cl2N2O2S2. The number of nitrogens with zero attached hydrogens (tertiary/aromatic N) is 1. The third-order valence-electron chi connectivity index (χ3n) is 5.75. The van der Waals surface area contributed by atoms with Gasteiger partial charge in [-0.15, -0.1) is 23.7 Å². The number of unbranched alkanes of at least 4 members (excludes halogenated alkanes) is 2. The maximum absolute atomic E-state index is 12.8. The van der Waals surface area contributed by atoms with E-state index in [0.29, 0.717) is 15.8 Å². The zero-order valence-electron chi connectivity index (χ0n) is 17.6. The molecule has 2 aromatic carbocycles. The van der Waals surface area contributed by atoms with E-state index in [1.54, 1.807) is 6.07 Å². The molecule has 0 aliphatic carbocycles. The standard InChI is InChI=1S/C23H27ClN2O2S2.ClH/c1-17-21-15-20(24)9-10-22(21)29-23(17)30(27,28)25-12-5-2-6-13-26-14-11-18-7-3-4-8-19(18)16-26;/h3-4,7-10,15,25H,2,5-6,11-14,16H2,1H3;1H. The average Bonchev–Trinajstić information content (AvgIpc) is 3.07. The van der Waals surface area contributed by atoms with Gasteiger partial charge in [-0.25, -0.2) is 13.1 Å². The van der Waals surface area contributed by atoms with Crippen molar-refractivity contribution in [3.8, 4) is 0 Å². The number of hydrogen-bond acceptors (Lipinski definition) is 4. The van der Waals surface area contributed by atoms with Crippen molar-refractivity contribution in [2.75, 3.05) is 19.6 Å². The van der Waals surface area contributed by atoms with Gasteiger partial charge < -0.3 is 0 Å². The molecule has 1 aromatic heterocycles. The van der Waals surface area contributed by atoms with Crippen LogP contribution in [0, 0.1) is 6.92 Å². The fraction of sp³-hybridized carbons (Fsp3) is 0.391. The first-order chi connectivity index (χ1) is 14.4. The molecule has 0 bridgehead atoms. The fourth-order valence-electron chi connectivity index (χ4n) is 4.08. The van der Waals surface area contributed by atoms with Crippen LogP contribution in [0.2, 0.25) is 5.02 Å². The van der Waals surface area contributed by atoms with Gasteiger partial charge in [0.1, 0.15) is 4.21 Å². The predicted molar refractivity (Wildman–Crippen MR) is 133 cm³/mol. The van der Waals surface area contributed by atoms with Crippen LogP contribution in [0.4, 0.5) is 0 Å². The van der Waals surface area contributed by atoms with Crippen LogP contribution >= 0.6 is 35.3 Å². The normalized spacial score (nSPS) is 14.4. The lowest BCUT2D eigenvalue weighted by Crippen LogP contribution is -2.31. The number of benzene rings is 2. The van der Waals surface area contributed by atoms with Crippen molar-refractivity contribution in [1.82, 2.24) is 9.62 Å². The van der Waals surface area contributed by atoms with Gasteiger partial charge in [0.15, 0.2) is 0 Å². The molecule has 2 heterocycles. The SMILES string of the molecule is Cc1c(S(=O)(=O)NCCCCCN2CCc3ccccc3C2)sc2ccc(Cl)cc12.Cl. The molecule has 0 saturated carbocycles. The molecule has 1 aliphatic rings. The molecule has 0 fully saturated rings. The molecule has 0 radical (unpaired) electrons. The Balaban J connectivity index is 0.00000272. The minimum Gasteiger partial charge on any atom is -0.299 e. The number of halogens is 2. The van der Waals surface area contributed by atoms with Crippen molar-refractivity contribution in [2.45, 2.75) is 43.4 Å². The summed E-state index contributed by atoms with van der Waals surface area (Å²) >= 11 is 7.37. The van der Waals surface area contributed by atoms with E-state index in [1.165, 1.54) is 22.5 Å². The molecule has 0 saturated heterocycles. The molecule has 1 N–H and O–H groups in total. The van der Waals surface area contributed by atoms with Gasteiger partial charge in [0.05, 0.1) is 0 Å². The second-order valence-corrected chi connectivity index (χ2v) is 11.4. The average molecular weight is 500 g/mol. The number of sulfonamides is 1. The largest absolute Gasteiger partial charge is 0.299 e. The van der Waals surface area contributed by atoms with Crippen LogP contribution in [0.3, 0.4) is 0 Å². The molecule has 31 heavy (non-hydrogen) atoms. The molecule has 3 aromatic rings. The lowest BCUT2D eigenvalue weighted by atomic mass is 10.00. The molecule has 0 unspecified atom stereocenters. The number of nitrogens with one attached hydrogen (secondary N) is 1. The van der Waals surface area contributed by atoms with Gasteiger partial charge in [-0.05, 0) is 73.0 Å². The Morgan fingerprint density at radius 1 is 1.10 bits per heavy atom. The van der Waals surface area contributed by atoms with Crippen LogP contribution in [0.1, 0.15) is 36.0 Å². The van der Waals surface area contributed by atoms with Crippen molar-refractivity contribution < 1.29 is 8.42 Å². The van der Waals surface area contributed by atoms with Gasteiger partial charge in [0, 0.05) is 29.4 Å². The highest BCUT2D eigenvalue weighted by molar-refractivity contribution is 7.91. The molecule has 1 aliphatic heterocycles. The van der Waals surface area contributed by atoms with Crippen molar-refractivity contribution in [3.05, 3.63) is 64.2 Å². The first-order valence-electron chi connectivity index (χ1n) is 10.4. The van der Waals surface area contributed by atoms with Crippen molar-refractivity contribution >= 4 is 55.5 Å². The van der Waals surface area contributed by atoms with Crippen LogP contribution in [0.5, 0.6) is 0 Å². The molecule has 0 atom stereocenters. The number of aryl methyl sites for hydroxylation is 1.